The van der Waals surface area contributed by atoms with Crippen LogP contribution in [0.1, 0.15) is 47.5 Å². The highest BCUT2D eigenvalue weighted by atomic mass is 32.2. The minimum atomic E-state index is -1.25. The Balaban J connectivity index is 5.09. The highest BCUT2D eigenvalue weighted by Crippen LogP contribution is 2.06. The van der Waals surface area contributed by atoms with Crippen LogP contribution in [0.5, 0.6) is 0 Å². The highest BCUT2D eigenvalue weighted by molar-refractivity contribution is 7.98. The molecule has 0 bridgehead atoms. The molecule has 6 amide bonds. The number of aliphatic hydroxyl groups excluding tert-OH is 1. The number of carbonyl (C=O) groups excluding carboxylic acids is 6. The zero-order chi connectivity index (χ0) is 31.0. The molecule has 0 aromatic rings. The Kier molecular flexibility index (Phi) is 17.2. The molecular formula is C24H42N6O9S. The summed E-state index contributed by atoms with van der Waals surface area (Å²) in [6.45, 7) is 6.27. The van der Waals surface area contributed by atoms with Crippen molar-refractivity contribution in [2.75, 3.05) is 25.2 Å². The molecule has 0 heterocycles. The van der Waals surface area contributed by atoms with Crippen molar-refractivity contribution in [2.24, 2.45) is 5.92 Å². The molecule has 0 rings (SSSR count). The van der Waals surface area contributed by atoms with Crippen LogP contribution in [-0.4, -0.2) is 107 Å². The lowest BCUT2D eigenvalue weighted by molar-refractivity contribution is -0.141. The van der Waals surface area contributed by atoms with Crippen molar-refractivity contribution in [1.82, 2.24) is 31.9 Å². The number of thioether (sulfide) groups is 1. The van der Waals surface area contributed by atoms with E-state index < -0.39 is 84.8 Å². The van der Waals surface area contributed by atoms with Crippen LogP contribution >= 0.6 is 11.8 Å². The maximum atomic E-state index is 12.7. The molecule has 228 valence electrons. The third-order valence-corrected chi connectivity index (χ3v) is 6.03. The number of carbonyl (C=O) groups is 7. The molecule has 0 fully saturated rings. The summed E-state index contributed by atoms with van der Waals surface area (Å²) >= 11 is 1.42. The first kappa shape index (κ1) is 36.6. The summed E-state index contributed by atoms with van der Waals surface area (Å²) in [6.07, 6.45) is 2.23. The zero-order valence-corrected chi connectivity index (χ0v) is 24.5. The van der Waals surface area contributed by atoms with Crippen molar-refractivity contribution in [1.29, 1.82) is 0 Å². The van der Waals surface area contributed by atoms with Crippen LogP contribution in [0.25, 0.3) is 0 Å². The quantitative estimate of drug-likeness (QED) is 0.0833. The average molecular weight is 591 g/mol. The number of rotatable bonds is 18. The third-order valence-electron chi connectivity index (χ3n) is 5.38. The van der Waals surface area contributed by atoms with Gasteiger partial charge in [-0.15, -0.1) is 0 Å². The first-order valence-electron chi connectivity index (χ1n) is 12.7. The number of carboxylic acids is 1. The van der Waals surface area contributed by atoms with Gasteiger partial charge in [-0.3, -0.25) is 33.6 Å². The molecule has 16 heteroatoms. The minimum Gasteiger partial charge on any atom is -0.480 e. The Labute approximate surface area is 237 Å². The number of amides is 6. The van der Waals surface area contributed by atoms with Crippen molar-refractivity contribution < 1.29 is 43.8 Å². The highest BCUT2D eigenvalue weighted by Gasteiger charge is 2.28. The Morgan fingerprint density at radius 1 is 0.725 bits per heavy atom. The van der Waals surface area contributed by atoms with E-state index in [1.165, 1.54) is 32.5 Å². The molecule has 0 unspecified atom stereocenters. The van der Waals surface area contributed by atoms with E-state index in [-0.39, 0.29) is 18.8 Å². The Bertz CT molecular complexity index is 917. The Morgan fingerprint density at radius 2 is 1.30 bits per heavy atom. The number of hydrogen-bond donors (Lipinski definition) is 8. The van der Waals surface area contributed by atoms with E-state index in [9.17, 15) is 38.7 Å². The van der Waals surface area contributed by atoms with Gasteiger partial charge in [0.25, 0.3) is 0 Å². The molecule has 0 aliphatic rings. The molecule has 40 heavy (non-hydrogen) atoms. The molecule has 5 atom stereocenters. The van der Waals surface area contributed by atoms with Crippen molar-refractivity contribution in [3.8, 4) is 0 Å². The van der Waals surface area contributed by atoms with E-state index in [1.54, 1.807) is 6.26 Å². The van der Waals surface area contributed by atoms with E-state index in [1.807, 2.05) is 13.8 Å². The first-order chi connectivity index (χ1) is 18.6. The van der Waals surface area contributed by atoms with Crippen LogP contribution in [0.4, 0.5) is 0 Å². The predicted octanol–water partition coefficient (Wildman–Crippen LogP) is -2.54. The van der Waals surface area contributed by atoms with Crippen LogP contribution in [-0.2, 0) is 33.6 Å². The van der Waals surface area contributed by atoms with Crippen LogP contribution in [0.3, 0.4) is 0 Å². The van der Waals surface area contributed by atoms with E-state index >= 15 is 0 Å². The molecule has 0 spiro atoms. The summed E-state index contributed by atoms with van der Waals surface area (Å²) in [4.78, 5) is 84.9. The molecule has 0 aliphatic heterocycles. The summed E-state index contributed by atoms with van der Waals surface area (Å²) in [5.41, 5.74) is 0. The maximum Gasteiger partial charge on any atom is 0.325 e. The van der Waals surface area contributed by atoms with Gasteiger partial charge in [0.15, 0.2) is 0 Å². The van der Waals surface area contributed by atoms with Gasteiger partial charge >= 0.3 is 5.97 Å². The fourth-order valence-electron chi connectivity index (χ4n) is 3.24. The lowest BCUT2D eigenvalue weighted by Gasteiger charge is -2.24. The second-order valence-electron chi connectivity index (χ2n) is 9.54. The molecular weight excluding hydrogens is 548 g/mol. The minimum absolute atomic E-state index is 0.0123. The molecule has 15 nitrogen and oxygen atoms in total. The van der Waals surface area contributed by atoms with Crippen LogP contribution in [0.2, 0.25) is 0 Å². The molecule has 8 N–H and O–H groups in total. The number of aliphatic carboxylic acids is 1. The summed E-state index contributed by atoms with van der Waals surface area (Å²) < 4.78 is 0. The average Bonchev–Trinajstić information content (AvgIpc) is 2.86. The number of nitrogens with one attached hydrogen (secondary N) is 6. The Morgan fingerprint density at radius 3 is 1.80 bits per heavy atom. The molecule has 0 saturated heterocycles. The molecule has 0 aromatic carbocycles. The smallest absolute Gasteiger partial charge is 0.325 e. The topological polar surface area (TPSA) is 232 Å². The second kappa shape index (κ2) is 18.8. The SMILES string of the molecule is CSCC[C@H](NC(=O)[C@H](CO)NC(C)=O)C(=O)NCC(=O)N[C@@H](C)C(=O)N[C@@H](CC(C)C)C(=O)N[C@@H](C)C(=O)O. The summed E-state index contributed by atoms with van der Waals surface area (Å²) in [7, 11) is 0. The Hall–Kier alpha value is -3.40. The molecule has 0 aliphatic carbocycles. The lowest BCUT2D eigenvalue weighted by Crippen LogP contribution is -2.57. The number of hydrogen-bond acceptors (Lipinski definition) is 9. The lowest BCUT2D eigenvalue weighted by atomic mass is 10.0. The van der Waals surface area contributed by atoms with Crippen molar-refractivity contribution in [2.45, 2.75) is 77.7 Å². The van der Waals surface area contributed by atoms with E-state index in [4.69, 9.17) is 5.11 Å². The first-order valence-corrected chi connectivity index (χ1v) is 14.1. The van der Waals surface area contributed by atoms with Gasteiger partial charge < -0.3 is 42.1 Å². The monoisotopic (exact) mass is 590 g/mol. The normalized spacial score (nSPS) is 14.5. The maximum absolute atomic E-state index is 12.7. The van der Waals surface area contributed by atoms with Gasteiger partial charge in [0.2, 0.25) is 35.4 Å². The number of carboxylic acid groups (broad SMARTS) is 1. The third kappa shape index (κ3) is 14.7. The standard InChI is InChI=1S/C24H42N6O9S/c1-12(2)9-17(22(36)27-14(4)24(38)39)30-20(34)13(3)26-19(33)10-25-21(35)16(7-8-40-6)29-23(37)18(11-31)28-15(5)32/h12-14,16-18,31H,7-11H2,1-6H3,(H,25,35)(H,26,33)(H,27,36)(H,28,32)(H,29,37)(H,30,34)(H,38,39)/t13-,14-,16-,17-,18-/m0/s1. The van der Waals surface area contributed by atoms with E-state index in [2.05, 4.69) is 31.9 Å². The molecule has 0 radical (unpaired) electrons. The van der Waals surface area contributed by atoms with Gasteiger partial charge in [-0.05, 0) is 44.6 Å². The number of aliphatic hydroxyl groups is 1. The summed E-state index contributed by atoms with van der Waals surface area (Å²) in [5, 5.41) is 32.7. The van der Waals surface area contributed by atoms with E-state index in [0.29, 0.717) is 5.75 Å². The van der Waals surface area contributed by atoms with Gasteiger partial charge in [-0.25, -0.2) is 0 Å². The van der Waals surface area contributed by atoms with Gasteiger partial charge in [-0.2, -0.15) is 11.8 Å². The van der Waals surface area contributed by atoms with Crippen molar-refractivity contribution >= 4 is 53.2 Å². The van der Waals surface area contributed by atoms with Crippen LogP contribution in [0.15, 0.2) is 0 Å². The molecule has 0 aromatic heterocycles. The predicted molar refractivity (Wildman–Crippen MR) is 147 cm³/mol. The van der Waals surface area contributed by atoms with Gasteiger partial charge in [0, 0.05) is 6.92 Å². The molecule has 0 saturated carbocycles. The van der Waals surface area contributed by atoms with Crippen molar-refractivity contribution in [3.05, 3.63) is 0 Å². The van der Waals surface area contributed by atoms with Gasteiger partial charge in [-0.1, -0.05) is 13.8 Å². The summed E-state index contributed by atoms with van der Waals surface area (Å²) in [6, 6.07) is -5.60. The summed E-state index contributed by atoms with van der Waals surface area (Å²) in [5.74, 6) is -4.85. The fourth-order valence-corrected chi connectivity index (χ4v) is 3.71. The van der Waals surface area contributed by atoms with Crippen LogP contribution in [0, 0.1) is 5.92 Å². The van der Waals surface area contributed by atoms with Gasteiger partial charge in [0.1, 0.15) is 30.2 Å². The van der Waals surface area contributed by atoms with Crippen LogP contribution < -0.4 is 31.9 Å². The fraction of sp³-hybridized carbons (Fsp3) is 0.708. The van der Waals surface area contributed by atoms with Crippen molar-refractivity contribution in [3.63, 3.8) is 0 Å². The van der Waals surface area contributed by atoms with Gasteiger partial charge in [0.05, 0.1) is 13.2 Å². The second-order valence-corrected chi connectivity index (χ2v) is 10.5. The van der Waals surface area contributed by atoms with E-state index in [0.717, 1.165) is 0 Å². The largest absolute Gasteiger partial charge is 0.480 e. The zero-order valence-electron chi connectivity index (χ0n) is 23.7.